The van der Waals surface area contributed by atoms with Crippen LogP contribution in [0.2, 0.25) is 0 Å². The summed E-state index contributed by atoms with van der Waals surface area (Å²) >= 11 is 0. The molecule has 0 aliphatic carbocycles. The van der Waals surface area contributed by atoms with Gasteiger partial charge in [0.15, 0.2) is 0 Å². The molecular weight excluding hydrogens is 290 g/mol. The topological polar surface area (TPSA) is 87.3 Å². The van der Waals surface area contributed by atoms with Crippen LogP contribution in [-0.4, -0.2) is 41.0 Å². The van der Waals surface area contributed by atoms with E-state index in [9.17, 15) is 13.2 Å². The van der Waals surface area contributed by atoms with Gasteiger partial charge in [-0.2, -0.15) is 0 Å². The van der Waals surface area contributed by atoms with Crippen molar-refractivity contribution in [2.75, 3.05) is 26.7 Å². The van der Waals surface area contributed by atoms with E-state index >= 15 is 0 Å². The maximum atomic E-state index is 11.6. The van der Waals surface area contributed by atoms with E-state index in [4.69, 9.17) is 0 Å². The first kappa shape index (κ1) is 17.6. The summed E-state index contributed by atoms with van der Waals surface area (Å²) in [5, 5.41) is 5.95. The highest BCUT2D eigenvalue weighted by molar-refractivity contribution is 7.89. The van der Waals surface area contributed by atoms with Gasteiger partial charge in [-0.3, -0.25) is 4.79 Å². The third-order valence-electron chi connectivity index (χ3n) is 3.02. The summed E-state index contributed by atoms with van der Waals surface area (Å²) in [6.07, 6.45) is 0.983. The van der Waals surface area contributed by atoms with Crippen LogP contribution in [0.5, 0.6) is 0 Å². The van der Waals surface area contributed by atoms with Crippen molar-refractivity contribution in [3.63, 3.8) is 0 Å². The lowest BCUT2D eigenvalue weighted by atomic mass is 10.1. The van der Waals surface area contributed by atoms with E-state index in [-0.39, 0.29) is 10.8 Å². The van der Waals surface area contributed by atoms with E-state index in [1.165, 1.54) is 7.05 Å². The Bertz CT molecular complexity index is 541. The third-order valence-corrected chi connectivity index (χ3v) is 4.45. The molecule has 0 bridgehead atoms. The molecule has 0 aliphatic heterocycles. The molecule has 1 amide bonds. The summed E-state index contributed by atoms with van der Waals surface area (Å²) in [7, 11) is -2.02. The van der Waals surface area contributed by atoms with Crippen LogP contribution >= 0.6 is 0 Å². The lowest BCUT2D eigenvalue weighted by Gasteiger charge is -2.06. The van der Waals surface area contributed by atoms with Crippen LogP contribution in [0.1, 0.15) is 18.9 Å². The predicted octanol–water partition coefficient (Wildman–Crippen LogP) is 0.253. The zero-order valence-corrected chi connectivity index (χ0v) is 13.3. The summed E-state index contributed by atoms with van der Waals surface area (Å²) in [6, 6.07) is 6.56. The number of amides is 1. The average molecular weight is 313 g/mol. The van der Waals surface area contributed by atoms with Crippen LogP contribution < -0.4 is 15.4 Å². The molecule has 1 aromatic rings. The van der Waals surface area contributed by atoms with Crippen molar-refractivity contribution in [3.05, 3.63) is 29.8 Å². The van der Waals surface area contributed by atoms with Crippen LogP contribution in [0.4, 0.5) is 0 Å². The SMILES string of the molecule is CCNCCNC(=O)CCc1ccc(S(=O)(=O)NC)cc1. The molecule has 6 nitrogen and oxygen atoms in total. The maximum Gasteiger partial charge on any atom is 0.240 e. The smallest absolute Gasteiger partial charge is 0.240 e. The highest BCUT2D eigenvalue weighted by atomic mass is 32.2. The first-order valence-corrected chi connectivity index (χ1v) is 8.48. The Morgan fingerprint density at radius 1 is 1.14 bits per heavy atom. The second kappa shape index (κ2) is 8.76. The highest BCUT2D eigenvalue weighted by Crippen LogP contribution is 2.11. The molecule has 0 radical (unpaired) electrons. The number of hydrogen-bond donors (Lipinski definition) is 3. The molecule has 3 N–H and O–H groups in total. The Kier molecular flexibility index (Phi) is 7.35. The Morgan fingerprint density at radius 2 is 1.81 bits per heavy atom. The summed E-state index contributed by atoms with van der Waals surface area (Å²) in [4.78, 5) is 11.8. The normalized spacial score (nSPS) is 11.3. The van der Waals surface area contributed by atoms with Crippen LogP contribution in [0.15, 0.2) is 29.2 Å². The molecule has 7 heteroatoms. The largest absolute Gasteiger partial charge is 0.355 e. The first-order valence-electron chi connectivity index (χ1n) is 6.99. The van der Waals surface area contributed by atoms with Gasteiger partial charge >= 0.3 is 0 Å². The quantitative estimate of drug-likeness (QED) is 0.571. The zero-order valence-electron chi connectivity index (χ0n) is 12.5. The zero-order chi connectivity index (χ0) is 15.7. The lowest BCUT2D eigenvalue weighted by Crippen LogP contribution is -2.31. The fraction of sp³-hybridized carbons (Fsp3) is 0.500. The second-order valence-electron chi connectivity index (χ2n) is 4.56. The van der Waals surface area contributed by atoms with Crippen LogP contribution in [0.25, 0.3) is 0 Å². The molecular formula is C14H23N3O3S. The first-order chi connectivity index (χ1) is 9.99. The fourth-order valence-electron chi connectivity index (χ4n) is 1.77. The van der Waals surface area contributed by atoms with Gasteiger partial charge in [-0.25, -0.2) is 13.1 Å². The number of carbonyl (C=O) groups is 1. The van der Waals surface area contributed by atoms with Gasteiger partial charge in [0.2, 0.25) is 15.9 Å². The average Bonchev–Trinajstić information content (AvgIpc) is 2.50. The highest BCUT2D eigenvalue weighted by Gasteiger charge is 2.10. The van der Waals surface area contributed by atoms with E-state index in [1.54, 1.807) is 24.3 Å². The van der Waals surface area contributed by atoms with Crippen LogP contribution in [0, 0.1) is 0 Å². The Morgan fingerprint density at radius 3 is 2.38 bits per heavy atom. The standard InChI is InChI=1S/C14H23N3O3S/c1-3-16-10-11-17-14(18)9-6-12-4-7-13(8-5-12)21(19,20)15-2/h4-5,7-8,15-16H,3,6,9-11H2,1-2H3,(H,17,18). The van der Waals surface area contributed by atoms with Crippen LogP contribution in [0.3, 0.4) is 0 Å². The molecule has 0 saturated heterocycles. The van der Waals surface area contributed by atoms with Crippen molar-refractivity contribution >= 4 is 15.9 Å². The minimum atomic E-state index is -3.40. The Labute approximate surface area is 126 Å². The van der Waals surface area contributed by atoms with Crippen molar-refractivity contribution < 1.29 is 13.2 Å². The predicted molar refractivity (Wildman–Crippen MR) is 82.6 cm³/mol. The number of aryl methyl sites for hydroxylation is 1. The van der Waals surface area contributed by atoms with Gasteiger partial charge in [0.05, 0.1) is 4.90 Å². The molecule has 0 spiro atoms. The Hall–Kier alpha value is -1.44. The van der Waals surface area contributed by atoms with Gasteiger partial charge in [-0.15, -0.1) is 0 Å². The number of rotatable bonds is 9. The van der Waals surface area contributed by atoms with Crippen molar-refractivity contribution in [3.8, 4) is 0 Å². The number of sulfonamides is 1. The van der Waals surface area contributed by atoms with Gasteiger partial charge in [0.1, 0.15) is 0 Å². The lowest BCUT2D eigenvalue weighted by molar-refractivity contribution is -0.121. The molecule has 118 valence electrons. The number of benzene rings is 1. The molecule has 1 rings (SSSR count). The van der Waals surface area contributed by atoms with Gasteiger partial charge in [-0.05, 0) is 37.7 Å². The monoisotopic (exact) mass is 313 g/mol. The summed E-state index contributed by atoms with van der Waals surface area (Å²) < 4.78 is 25.4. The Balaban J connectivity index is 2.41. The third kappa shape index (κ3) is 6.24. The molecule has 0 aliphatic rings. The molecule has 0 aromatic heterocycles. The van der Waals surface area contributed by atoms with Gasteiger partial charge < -0.3 is 10.6 Å². The van der Waals surface area contributed by atoms with E-state index in [1.807, 2.05) is 6.92 Å². The van der Waals surface area contributed by atoms with E-state index in [2.05, 4.69) is 15.4 Å². The van der Waals surface area contributed by atoms with Crippen molar-refractivity contribution in [1.29, 1.82) is 0 Å². The van der Waals surface area contributed by atoms with E-state index in [0.29, 0.717) is 19.4 Å². The summed E-state index contributed by atoms with van der Waals surface area (Å²) in [5.74, 6) is -0.000161. The minimum Gasteiger partial charge on any atom is -0.355 e. The van der Waals surface area contributed by atoms with E-state index < -0.39 is 10.0 Å². The minimum absolute atomic E-state index is 0.000161. The molecule has 0 unspecified atom stereocenters. The number of likely N-dealkylation sites (N-methyl/N-ethyl adjacent to an activating group) is 1. The number of carbonyl (C=O) groups excluding carboxylic acids is 1. The number of nitrogens with one attached hydrogen (secondary N) is 3. The van der Waals surface area contributed by atoms with Gasteiger partial charge in [0, 0.05) is 19.5 Å². The van der Waals surface area contributed by atoms with Crippen molar-refractivity contribution in [2.24, 2.45) is 0 Å². The maximum absolute atomic E-state index is 11.6. The fourth-order valence-corrected chi connectivity index (χ4v) is 2.50. The molecule has 0 fully saturated rings. The number of hydrogen-bond acceptors (Lipinski definition) is 4. The van der Waals surface area contributed by atoms with Gasteiger partial charge in [0.25, 0.3) is 0 Å². The summed E-state index contributed by atoms with van der Waals surface area (Å²) in [6.45, 7) is 4.28. The second-order valence-corrected chi connectivity index (χ2v) is 6.44. The molecule has 0 heterocycles. The molecule has 21 heavy (non-hydrogen) atoms. The molecule has 1 aromatic carbocycles. The molecule has 0 atom stereocenters. The van der Waals surface area contributed by atoms with Gasteiger partial charge in [-0.1, -0.05) is 19.1 Å². The van der Waals surface area contributed by atoms with Crippen LogP contribution in [-0.2, 0) is 21.2 Å². The van der Waals surface area contributed by atoms with Crippen molar-refractivity contribution in [1.82, 2.24) is 15.4 Å². The van der Waals surface area contributed by atoms with E-state index in [0.717, 1.165) is 18.7 Å². The molecule has 0 saturated carbocycles. The summed E-state index contributed by atoms with van der Waals surface area (Å²) in [5.41, 5.74) is 0.937. The van der Waals surface area contributed by atoms with Crippen molar-refractivity contribution in [2.45, 2.75) is 24.7 Å².